The Labute approximate surface area is 110 Å². The van der Waals surface area contributed by atoms with Crippen molar-refractivity contribution in [2.75, 3.05) is 5.73 Å². The normalized spacial score (nSPS) is 10.7. The van der Waals surface area contributed by atoms with E-state index in [4.69, 9.17) is 10.5 Å². The van der Waals surface area contributed by atoms with E-state index in [-0.39, 0.29) is 0 Å². The van der Waals surface area contributed by atoms with Crippen molar-refractivity contribution < 1.29 is 4.74 Å². The number of benzene rings is 2. The number of rotatable bonds is 3. The quantitative estimate of drug-likeness (QED) is 0.716. The highest BCUT2D eigenvalue weighted by Gasteiger charge is 2.04. The fourth-order valence-corrected chi connectivity index (χ4v) is 2.88. The molecule has 0 saturated carbocycles. The minimum absolute atomic E-state index is 0.586. The fraction of sp³-hybridized carbons (Fsp3) is 0.0667. The molecule has 1 aromatic heterocycles. The van der Waals surface area contributed by atoms with Gasteiger partial charge in [-0.05, 0) is 29.7 Å². The van der Waals surface area contributed by atoms with Crippen LogP contribution in [0.5, 0.6) is 5.75 Å². The van der Waals surface area contributed by atoms with Gasteiger partial charge in [0.1, 0.15) is 12.4 Å². The maximum atomic E-state index is 5.95. The second-order valence-corrected chi connectivity index (χ2v) is 5.22. The van der Waals surface area contributed by atoms with Crippen molar-refractivity contribution in [2.24, 2.45) is 0 Å². The molecule has 0 aliphatic carbocycles. The van der Waals surface area contributed by atoms with E-state index in [1.807, 2.05) is 42.5 Å². The Morgan fingerprint density at radius 3 is 2.61 bits per heavy atom. The zero-order valence-corrected chi connectivity index (χ0v) is 10.6. The molecule has 0 fully saturated rings. The Kier molecular flexibility index (Phi) is 2.90. The van der Waals surface area contributed by atoms with Crippen molar-refractivity contribution in [3.05, 3.63) is 59.5 Å². The van der Waals surface area contributed by atoms with Crippen LogP contribution in [0.4, 0.5) is 5.69 Å². The van der Waals surface area contributed by atoms with E-state index in [1.54, 1.807) is 11.3 Å². The lowest BCUT2D eigenvalue weighted by Gasteiger charge is -2.02. The molecular formula is C15H13NOS. The van der Waals surface area contributed by atoms with Crippen LogP contribution in [0.1, 0.15) is 4.88 Å². The van der Waals surface area contributed by atoms with Gasteiger partial charge < -0.3 is 10.5 Å². The Hall–Kier alpha value is -2.00. The smallest absolute Gasteiger partial charge is 0.122 e. The molecule has 0 amide bonds. The molecule has 3 aromatic rings. The van der Waals surface area contributed by atoms with Gasteiger partial charge in [0.25, 0.3) is 0 Å². The molecule has 0 atom stereocenters. The van der Waals surface area contributed by atoms with Gasteiger partial charge in [0.15, 0.2) is 0 Å². The molecule has 3 heteroatoms. The molecule has 2 nitrogen and oxygen atoms in total. The van der Waals surface area contributed by atoms with Crippen LogP contribution in [-0.4, -0.2) is 0 Å². The second kappa shape index (κ2) is 4.70. The first-order valence-corrected chi connectivity index (χ1v) is 6.59. The predicted molar refractivity (Wildman–Crippen MR) is 77.0 cm³/mol. The standard InChI is InChI=1S/C15H13NOS/c16-14-8-4-5-11-9-13(18-15(11)14)10-17-12-6-2-1-3-7-12/h1-9H,10,16H2. The molecule has 0 aliphatic heterocycles. The van der Waals surface area contributed by atoms with E-state index >= 15 is 0 Å². The highest BCUT2D eigenvalue weighted by molar-refractivity contribution is 7.19. The summed E-state index contributed by atoms with van der Waals surface area (Å²) in [6, 6.07) is 18.0. The summed E-state index contributed by atoms with van der Waals surface area (Å²) in [5.74, 6) is 0.892. The lowest BCUT2D eigenvalue weighted by atomic mass is 10.2. The van der Waals surface area contributed by atoms with Gasteiger partial charge in [0, 0.05) is 10.6 Å². The average molecular weight is 255 g/mol. The number of thiophene rings is 1. The first kappa shape index (κ1) is 11.1. The zero-order chi connectivity index (χ0) is 12.4. The molecule has 2 aromatic carbocycles. The molecular weight excluding hydrogens is 242 g/mol. The number of nitrogens with two attached hydrogens (primary N) is 1. The molecule has 90 valence electrons. The van der Waals surface area contributed by atoms with Gasteiger partial charge >= 0.3 is 0 Å². The first-order valence-electron chi connectivity index (χ1n) is 5.78. The average Bonchev–Trinajstić information content (AvgIpc) is 2.82. The van der Waals surface area contributed by atoms with E-state index in [0.717, 1.165) is 16.1 Å². The van der Waals surface area contributed by atoms with Crippen LogP contribution in [0.15, 0.2) is 54.6 Å². The van der Waals surface area contributed by atoms with Gasteiger partial charge in [-0.2, -0.15) is 0 Å². The lowest BCUT2D eigenvalue weighted by Crippen LogP contribution is -1.91. The molecule has 2 N–H and O–H groups in total. The van der Waals surface area contributed by atoms with Crippen molar-refractivity contribution in [3.63, 3.8) is 0 Å². The summed E-state index contributed by atoms with van der Waals surface area (Å²) in [6.45, 7) is 0.586. The highest BCUT2D eigenvalue weighted by Crippen LogP contribution is 2.30. The summed E-state index contributed by atoms with van der Waals surface area (Å²) < 4.78 is 6.87. The van der Waals surface area contributed by atoms with Crippen molar-refractivity contribution in [1.82, 2.24) is 0 Å². The van der Waals surface area contributed by atoms with E-state index in [9.17, 15) is 0 Å². The molecule has 0 spiro atoms. The summed E-state index contributed by atoms with van der Waals surface area (Å²) >= 11 is 1.69. The van der Waals surface area contributed by atoms with Crippen LogP contribution < -0.4 is 10.5 Å². The van der Waals surface area contributed by atoms with Gasteiger partial charge in [0.2, 0.25) is 0 Å². The summed E-state index contributed by atoms with van der Waals surface area (Å²) in [5.41, 5.74) is 6.78. The third kappa shape index (κ3) is 2.17. The van der Waals surface area contributed by atoms with Gasteiger partial charge in [-0.25, -0.2) is 0 Å². The molecule has 0 bridgehead atoms. The first-order chi connectivity index (χ1) is 8.83. The van der Waals surface area contributed by atoms with Crippen LogP contribution in [0.25, 0.3) is 10.1 Å². The third-order valence-electron chi connectivity index (χ3n) is 2.75. The Morgan fingerprint density at radius 2 is 1.83 bits per heavy atom. The molecule has 0 radical (unpaired) electrons. The van der Waals surface area contributed by atoms with Crippen molar-refractivity contribution in [3.8, 4) is 5.75 Å². The maximum Gasteiger partial charge on any atom is 0.122 e. The number of hydrogen-bond donors (Lipinski definition) is 1. The summed E-state index contributed by atoms with van der Waals surface area (Å²) in [4.78, 5) is 1.19. The Balaban J connectivity index is 1.81. The molecule has 0 saturated heterocycles. The van der Waals surface area contributed by atoms with E-state index < -0.39 is 0 Å². The lowest BCUT2D eigenvalue weighted by molar-refractivity contribution is 0.310. The van der Waals surface area contributed by atoms with Crippen molar-refractivity contribution in [2.45, 2.75) is 6.61 Å². The van der Waals surface area contributed by atoms with Crippen LogP contribution in [0, 0.1) is 0 Å². The molecule has 0 aliphatic rings. The van der Waals surface area contributed by atoms with E-state index in [1.165, 1.54) is 10.3 Å². The number of para-hydroxylation sites is 1. The number of anilines is 1. The summed E-state index contributed by atoms with van der Waals surface area (Å²) in [6.07, 6.45) is 0. The molecule has 1 heterocycles. The topological polar surface area (TPSA) is 35.2 Å². The Bertz CT molecular complexity index is 661. The van der Waals surface area contributed by atoms with Crippen molar-refractivity contribution in [1.29, 1.82) is 0 Å². The van der Waals surface area contributed by atoms with Crippen LogP contribution in [-0.2, 0) is 6.61 Å². The molecule has 18 heavy (non-hydrogen) atoms. The zero-order valence-electron chi connectivity index (χ0n) is 9.80. The molecule has 3 rings (SSSR count). The van der Waals surface area contributed by atoms with Gasteiger partial charge in [-0.3, -0.25) is 0 Å². The van der Waals surface area contributed by atoms with E-state index in [2.05, 4.69) is 12.1 Å². The minimum Gasteiger partial charge on any atom is -0.488 e. The van der Waals surface area contributed by atoms with Gasteiger partial charge in [-0.1, -0.05) is 30.3 Å². The van der Waals surface area contributed by atoms with Crippen LogP contribution in [0.2, 0.25) is 0 Å². The summed E-state index contributed by atoms with van der Waals surface area (Å²) in [5, 5.41) is 1.19. The monoisotopic (exact) mass is 255 g/mol. The fourth-order valence-electron chi connectivity index (χ4n) is 1.88. The van der Waals surface area contributed by atoms with Gasteiger partial charge in [-0.15, -0.1) is 11.3 Å². The largest absolute Gasteiger partial charge is 0.488 e. The highest BCUT2D eigenvalue weighted by atomic mass is 32.1. The SMILES string of the molecule is Nc1cccc2cc(COc3ccccc3)sc12. The van der Waals surface area contributed by atoms with Gasteiger partial charge in [0.05, 0.1) is 4.70 Å². The van der Waals surface area contributed by atoms with Crippen LogP contribution >= 0.6 is 11.3 Å². The van der Waals surface area contributed by atoms with E-state index in [0.29, 0.717) is 6.61 Å². The number of hydrogen-bond acceptors (Lipinski definition) is 3. The second-order valence-electron chi connectivity index (χ2n) is 4.08. The maximum absolute atomic E-state index is 5.95. The number of fused-ring (bicyclic) bond motifs is 1. The third-order valence-corrected chi connectivity index (χ3v) is 3.92. The van der Waals surface area contributed by atoms with Crippen LogP contribution in [0.3, 0.4) is 0 Å². The predicted octanol–water partition coefficient (Wildman–Crippen LogP) is 4.06. The Morgan fingerprint density at radius 1 is 1.00 bits per heavy atom. The van der Waals surface area contributed by atoms with Crippen molar-refractivity contribution >= 4 is 27.1 Å². The molecule has 0 unspecified atom stereocenters. The number of ether oxygens (including phenoxy) is 1. The minimum atomic E-state index is 0.586. The summed E-state index contributed by atoms with van der Waals surface area (Å²) in [7, 11) is 0. The number of nitrogen functional groups attached to an aromatic ring is 1.